The van der Waals surface area contributed by atoms with Crippen molar-refractivity contribution in [3.8, 4) is 0 Å². The van der Waals surface area contributed by atoms with Crippen molar-refractivity contribution < 1.29 is 4.42 Å². The van der Waals surface area contributed by atoms with Crippen LogP contribution in [-0.2, 0) is 0 Å². The number of furan rings is 1. The Kier molecular flexibility index (Phi) is 3.53. The highest BCUT2D eigenvalue weighted by atomic mass is 127. The average Bonchev–Trinajstić information content (AvgIpc) is 2.68. The lowest BCUT2D eigenvalue weighted by atomic mass is 10.2. The first kappa shape index (κ1) is 11.5. The van der Waals surface area contributed by atoms with E-state index in [1.807, 2.05) is 19.1 Å². The zero-order valence-corrected chi connectivity index (χ0v) is 11.5. The van der Waals surface area contributed by atoms with Crippen molar-refractivity contribution in [3.05, 3.63) is 51.5 Å². The fourth-order valence-electron chi connectivity index (χ4n) is 1.55. The largest absolute Gasteiger partial charge is 0.464 e. The molecule has 0 aliphatic carbocycles. The molecule has 0 amide bonds. The first-order valence-corrected chi connectivity index (χ1v) is 6.31. The van der Waals surface area contributed by atoms with E-state index in [0.29, 0.717) is 0 Å². The molecule has 1 aromatic carbocycles. The highest BCUT2D eigenvalue weighted by molar-refractivity contribution is 14.1. The van der Waals surface area contributed by atoms with Gasteiger partial charge < -0.3 is 9.73 Å². The third-order valence-corrected chi connectivity index (χ3v) is 3.13. The molecule has 0 radical (unpaired) electrons. The lowest BCUT2D eigenvalue weighted by Crippen LogP contribution is -2.05. The van der Waals surface area contributed by atoms with Gasteiger partial charge in [0.15, 0.2) is 0 Å². The van der Waals surface area contributed by atoms with E-state index in [2.05, 4.69) is 59.1 Å². The molecule has 1 atom stereocenters. The molecule has 1 aromatic heterocycles. The van der Waals surface area contributed by atoms with Gasteiger partial charge >= 0.3 is 0 Å². The van der Waals surface area contributed by atoms with Gasteiger partial charge in [0.05, 0.1) is 6.04 Å². The summed E-state index contributed by atoms with van der Waals surface area (Å²) in [6.45, 7) is 4.05. The van der Waals surface area contributed by atoms with Gasteiger partial charge in [0.1, 0.15) is 11.5 Å². The summed E-state index contributed by atoms with van der Waals surface area (Å²) in [5.41, 5.74) is 1.11. The third-order valence-electron chi connectivity index (χ3n) is 2.42. The Morgan fingerprint density at radius 1 is 1.12 bits per heavy atom. The molecule has 3 heteroatoms. The predicted octanol–water partition coefficient (Wildman–Crippen LogP) is 4.37. The summed E-state index contributed by atoms with van der Waals surface area (Å²) in [4.78, 5) is 0. The van der Waals surface area contributed by atoms with Crippen molar-refractivity contribution in [2.75, 3.05) is 5.32 Å². The molecule has 16 heavy (non-hydrogen) atoms. The Hall–Kier alpha value is -0.970. The Morgan fingerprint density at radius 2 is 1.81 bits per heavy atom. The van der Waals surface area contributed by atoms with Gasteiger partial charge in [-0.1, -0.05) is 0 Å². The van der Waals surface area contributed by atoms with Crippen LogP contribution in [0.25, 0.3) is 0 Å². The molecule has 1 N–H and O–H groups in total. The van der Waals surface area contributed by atoms with Crippen molar-refractivity contribution in [1.29, 1.82) is 0 Å². The second-order valence-corrected chi connectivity index (χ2v) is 5.07. The zero-order valence-electron chi connectivity index (χ0n) is 9.33. The smallest absolute Gasteiger partial charge is 0.126 e. The molecule has 0 aliphatic rings. The van der Waals surface area contributed by atoms with Crippen LogP contribution in [0.15, 0.2) is 40.8 Å². The van der Waals surface area contributed by atoms with E-state index in [4.69, 9.17) is 4.42 Å². The van der Waals surface area contributed by atoms with E-state index in [0.717, 1.165) is 17.2 Å². The van der Waals surface area contributed by atoms with E-state index < -0.39 is 0 Å². The van der Waals surface area contributed by atoms with Crippen LogP contribution >= 0.6 is 22.6 Å². The lowest BCUT2D eigenvalue weighted by molar-refractivity contribution is 0.467. The first-order valence-electron chi connectivity index (χ1n) is 5.23. The van der Waals surface area contributed by atoms with Gasteiger partial charge in [-0.2, -0.15) is 0 Å². The molecule has 2 aromatic rings. The Morgan fingerprint density at radius 3 is 2.38 bits per heavy atom. The van der Waals surface area contributed by atoms with E-state index in [1.54, 1.807) is 0 Å². The lowest BCUT2D eigenvalue weighted by Gasteiger charge is -2.12. The Labute approximate surface area is 109 Å². The second-order valence-electron chi connectivity index (χ2n) is 3.82. The number of halogens is 1. The summed E-state index contributed by atoms with van der Waals surface area (Å²) in [6, 6.07) is 12.5. The summed E-state index contributed by atoms with van der Waals surface area (Å²) in [7, 11) is 0. The van der Waals surface area contributed by atoms with Gasteiger partial charge in [-0.15, -0.1) is 0 Å². The van der Waals surface area contributed by atoms with Crippen LogP contribution in [0.4, 0.5) is 5.69 Å². The molecule has 1 heterocycles. The Balaban J connectivity index is 2.07. The van der Waals surface area contributed by atoms with Gasteiger partial charge in [0.25, 0.3) is 0 Å². The molecule has 0 saturated heterocycles. The molecule has 1 unspecified atom stereocenters. The van der Waals surface area contributed by atoms with Crippen molar-refractivity contribution in [2.24, 2.45) is 0 Å². The van der Waals surface area contributed by atoms with Crippen LogP contribution in [-0.4, -0.2) is 0 Å². The quantitative estimate of drug-likeness (QED) is 0.847. The molecular formula is C13H14INO. The summed E-state index contributed by atoms with van der Waals surface area (Å²) in [5, 5.41) is 3.40. The van der Waals surface area contributed by atoms with E-state index in [1.165, 1.54) is 3.57 Å². The van der Waals surface area contributed by atoms with Crippen LogP contribution in [0.2, 0.25) is 0 Å². The summed E-state index contributed by atoms with van der Waals surface area (Å²) in [6.07, 6.45) is 0. The van der Waals surface area contributed by atoms with Gasteiger partial charge in [0, 0.05) is 9.26 Å². The molecule has 2 nitrogen and oxygen atoms in total. The highest BCUT2D eigenvalue weighted by Gasteiger charge is 2.08. The number of benzene rings is 1. The van der Waals surface area contributed by atoms with Gasteiger partial charge in [-0.3, -0.25) is 0 Å². The molecule has 2 rings (SSSR count). The van der Waals surface area contributed by atoms with Crippen LogP contribution in [0.1, 0.15) is 24.5 Å². The molecule has 0 spiro atoms. The molecule has 0 saturated carbocycles. The van der Waals surface area contributed by atoms with Crippen molar-refractivity contribution in [2.45, 2.75) is 19.9 Å². The van der Waals surface area contributed by atoms with Crippen LogP contribution in [0, 0.1) is 10.5 Å². The topological polar surface area (TPSA) is 25.2 Å². The van der Waals surface area contributed by atoms with E-state index in [9.17, 15) is 0 Å². The molecule has 0 fully saturated rings. The van der Waals surface area contributed by atoms with E-state index >= 15 is 0 Å². The minimum Gasteiger partial charge on any atom is -0.464 e. The number of anilines is 1. The van der Waals surface area contributed by atoms with Crippen molar-refractivity contribution >= 4 is 28.3 Å². The summed E-state index contributed by atoms with van der Waals surface area (Å²) in [5.74, 6) is 1.92. The first-order chi connectivity index (χ1) is 7.65. The third kappa shape index (κ3) is 2.78. The monoisotopic (exact) mass is 327 g/mol. The highest BCUT2D eigenvalue weighted by Crippen LogP contribution is 2.21. The fourth-order valence-corrected chi connectivity index (χ4v) is 1.91. The number of nitrogens with one attached hydrogen (secondary N) is 1. The zero-order chi connectivity index (χ0) is 11.5. The number of aryl methyl sites for hydroxylation is 1. The van der Waals surface area contributed by atoms with Gasteiger partial charge in [-0.25, -0.2) is 0 Å². The maximum absolute atomic E-state index is 5.58. The summed E-state index contributed by atoms with van der Waals surface area (Å²) >= 11 is 2.30. The molecule has 84 valence electrons. The van der Waals surface area contributed by atoms with Crippen LogP contribution in [0.5, 0.6) is 0 Å². The standard InChI is InChI=1S/C13H14INO/c1-9-3-8-13(16-9)10(2)15-12-6-4-11(14)5-7-12/h3-8,10,15H,1-2H3. The maximum atomic E-state index is 5.58. The normalized spacial score (nSPS) is 12.4. The average molecular weight is 327 g/mol. The number of rotatable bonds is 3. The van der Waals surface area contributed by atoms with Crippen molar-refractivity contribution in [3.63, 3.8) is 0 Å². The molecule has 0 aliphatic heterocycles. The SMILES string of the molecule is Cc1ccc(C(C)Nc2ccc(I)cc2)o1. The van der Waals surface area contributed by atoms with Crippen LogP contribution < -0.4 is 5.32 Å². The molecule has 0 bridgehead atoms. The summed E-state index contributed by atoms with van der Waals surface area (Å²) < 4.78 is 6.82. The minimum atomic E-state index is 0.189. The maximum Gasteiger partial charge on any atom is 0.126 e. The van der Waals surface area contributed by atoms with E-state index in [-0.39, 0.29) is 6.04 Å². The van der Waals surface area contributed by atoms with Crippen molar-refractivity contribution in [1.82, 2.24) is 0 Å². The van der Waals surface area contributed by atoms with Gasteiger partial charge in [0.2, 0.25) is 0 Å². The van der Waals surface area contributed by atoms with Gasteiger partial charge in [-0.05, 0) is 72.8 Å². The minimum absolute atomic E-state index is 0.189. The second kappa shape index (κ2) is 4.91. The number of hydrogen-bond acceptors (Lipinski definition) is 2. The Bertz CT molecular complexity index is 461. The fraction of sp³-hybridized carbons (Fsp3) is 0.231. The van der Waals surface area contributed by atoms with Crippen LogP contribution in [0.3, 0.4) is 0 Å². The molecular weight excluding hydrogens is 313 g/mol. The number of hydrogen-bond donors (Lipinski definition) is 1. The predicted molar refractivity (Wildman–Crippen MR) is 74.6 cm³/mol.